The highest BCUT2D eigenvalue weighted by molar-refractivity contribution is 6.31. The molecule has 0 atom stereocenters. The molecule has 0 unspecified atom stereocenters. The number of hydrogen-bond acceptors (Lipinski definition) is 2. The molecule has 0 radical (unpaired) electrons. The van der Waals surface area contributed by atoms with E-state index in [0.717, 1.165) is 12.1 Å². The largest absolute Gasteiger partial charge is 0.417 e. The Labute approximate surface area is 129 Å². The van der Waals surface area contributed by atoms with Gasteiger partial charge in [0.05, 0.1) is 17.2 Å². The standard InChI is InChI=1S/C15H11ClF3NO2/c16-13-6-5-11(7-12(13)15(17,18)19)20-14(22)10-3-1-9(8-21)2-4-10/h1-7,21H,8H2,(H,20,22). The number of aliphatic hydroxyl groups excluding tert-OH is 1. The van der Waals surface area contributed by atoms with Crippen molar-refractivity contribution in [1.29, 1.82) is 0 Å². The molecule has 0 heterocycles. The molecular weight excluding hydrogens is 319 g/mol. The monoisotopic (exact) mass is 329 g/mol. The van der Waals surface area contributed by atoms with E-state index < -0.39 is 22.7 Å². The summed E-state index contributed by atoms with van der Waals surface area (Å²) in [7, 11) is 0. The van der Waals surface area contributed by atoms with Crippen molar-refractivity contribution in [3.63, 3.8) is 0 Å². The summed E-state index contributed by atoms with van der Waals surface area (Å²) in [4.78, 5) is 12.0. The third-order valence-electron chi connectivity index (χ3n) is 2.93. The number of aliphatic hydroxyl groups is 1. The van der Waals surface area contributed by atoms with E-state index in [1.165, 1.54) is 18.2 Å². The first-order valence-electron chi connectivity index (χ1n) is 6.19. The van der Waals surface area contributed by atoms with Crippen LogP contribution in [-0.4, -0.2) is 11.0 Å². The third kappa shape index (κ3) is 3.78. The molecule has 0 aliphatic carbocycles. The lowest BCUT2D eigenvalue weighted by molar-refractivity contribution is -0.137. The Hall–Kier alpha value is -2.05. The Morgan fingerprint density at radius 2 is 1.77 bits per heavy atom. The number of benzene rings is 2. The van der Waals surface area contributed by atoms with E-state index in [2.05, 4.69) is 5.32 Å². The summed E-state index contributed by atoms with van der Waals surface area (Å²) in [5, 5.41) is 10.9. The molecule has 1 amide bonds. The van der Waals surface area contributed by atoms with Gasteiger partial charge in [-0.2, -0.15) is 13.2 Å². The van der Waals surface area contributed by atoms with E-state index >= 15 is 0 Å². The van der Waals surface area contributed by atoms with Crippen molar-refractivity contribution >= 4 is 23.2 Å². The van der Waals surface area contributed by atoms with Gasteiger partial charge in [-0.3, -0.25) is 4.79 Å². The van der Waals surface area contributed by atoms with Crippen LogP contribution in [0.2, 0.25) is 5.02 Å². The molecule has 2 N–H and O–H groups in total. The lowest BCUT2D eigenvalue weighted by atomic mass is 10.1. The summed E-state index contributed by atoms with van der Waals surface area (Å²) < 4.78 is 38.3. The molecule has 0 aliphatic rings. The Balaban J connectivity index is 2.21. The van der Waals surface area contributed by atoms with Gasteiger partial charge in [0.25, 0.3) is 5.91 Å². The molecule has 2 rings (SSSR count). The molecule has 0 saturated carbocycles. The minimum Gasteiger partial charge on any atom is -0.392 e. The van der Waals surface area contributed by atoms with Crippen LogP contribution in [0.15, 0.2) is 42.5 Å². The second-order valence-corrected chi connectivity index (χ2v) is 4.91. The van der Waals surface area contributed by atoms with Crippen LogP contribution < -0.4 is 5.32 Å². The molecule has 7 heteroatoms. The first-order valence-corrected chi connectivity index (χ1v) is 6.57. The molecule has 2 aromatic carbocycles. The molecule has 0 spiro atoms. The van der Waals surface area contributed by atoms with Crippen molar-refractivity contribution in [1.82, 2.24) is 0 Å². The summed E-state index contributed by atoms with van der Waals surface area (Å²) in [6.45, 7) is -0.159. The molecule has 22 heavy (non-hydrogen) atoms. The Bertz CT molecular complexity index is 684. The van der Waals surface area contributed by atoms with Crippen LogP contribution in [0.1, 0.15) is 21.5 Å². The highest BCUT2D eigenvalue weighted by atomic mass is 35.5. The number of halogens is 4. The van der Waals surface area contributed by atoms with E-state index in [1.807, 2.05) is 0 Å². The number of alkyl halides is 3. The fourth-order valence-electron chi connectivity index (χ4n) is 1.79. The summed E-state index contributed by atoms with van der Waals surface area (Å²) in [6.07, 6.45) is -4.60. The Morgan fingerprint density at radius 3 is 2.32 bits per heavy atom. The molecule has 0 aromatic heterocycles. The van der Waals surface area contributed by atoms with Crippen LogP contribution >= 0.6 is 11.6 Å². The zero-order valence-corrected chi connectivity index (χ0v) is 11.9. The lowest BCUT2D eigenvalue weighted by Gasteiger charge is -2.12. The topological polar surface area (TPSA) is 49.3 Å². The van der Waals surface area contributed by atoms with Gasteiger partial charge in [-0.1, -0.05) is 23.7 Å². The van der Waals surface area contributed by atoms with E-state index in [4.69, 9.17) is 16.7 Å². The first-order chi connectivity index (χ1) is 10.3. The van der Waals surface area contributed by atoms with Crippen LogP contribution in [0.5, 0.6) is 0 Å². The molecule has 0 aliphatic heterocycles. The maximum absolute atomic E-state index is 12.8. The van der Waals surface area contributed by atoms with Crippen molar-refractivity contribution in [2.45, 2.75) is 12.8 Å². The minimum atomic E-state index is -4.60. The van der Waals surface area contributed by atoms with Crippen molar-refractivity contribution in [2.24, 2.45) is 0 Å². The number of carbonyl (C=O) groups excluding carboxylic acids is 1. The van der Waals surface area contributed by atoms with E-state index in [0.29, 0.717) is 5.56 Å². The quantitative estimate of drug-likeness (QED) is 0.890. The maximum Gasteiger partial charge on any atom is 0.417 e. The average molecular weight is 330 g/mol. The van der Waals surface area contributed by atoms with Crippen LogP contribution in [-0.2, 0) is 12.8 Å². The van der Waals surface area contributed by atoms with Crippen molar-refractivity contribution in [2.75, 3.05) is 5.32 Å². The zero-order chi connectivity index (χ0) is 16.3. The van der Waals surface area contributed by atoms with E-state index in [1.54, 1.807) is 12.1 Å². The highest BCUT2D eigenvalue weighted by Crippen LogP contribution is 2.36. The second-order valence-electron chi connectivity index (χ2n) is 4.50. The van der Waals surface area contributed by atoms with Crippen molar-refractivity contribution < 1.29 is 23.1 Å². The molecule has 0 bridgehead atoms. The lowest BCUT2D eigenvalue weighted by Crippen LogP contribution is -2.13. The fraction of sp³-hybridized carbons (Fsp3) is 0.133. The van der Waals surface area contributed by atoms with Crippen LogP contribution in [0.25, 0.3) is 0 Å². The van der Waals surface area contributed by atoms with Gasteiger partial charge in [0.15, 0.2) is 0 Å². The van der Waals surface area contributed by atoms with Gasteiger partial charge in [0.1, 0.15) is 0 Å². The summed E-state index contributed by atoms with van der Waals surface area (Å²) in [5.74, 6) is -0.556. The predicted molar refractivity (Wildman–Crippen MR) is 76.8 cm³/mol. The van der Waals surface area contributed by atoms with Gasteiger partial charge in [-0.15, -0.1) is 0 Å². The maximum atomic E-state index is 12.8. The molecule has 3 nitrogen and oxygen atoms in total. The minimum absolute atomic E-state index is 0.00652. The average Bonchev–Trinajstić information content (AvgIpc) is 2.48. The van der Waals surface area contributed by atoms with Gasteiger partial charge in [-0.25, -0.2) is 0 Å². The second kappa shape index (κ2) is 6.37. The van der Waals surface area contributed by atoms with Gasteiger partial charge in [-0.05, 0) is 35.9 Å². The highest BCUT2D eigenvalue weighted by Gasteiger charge is 2.33. The van der Waals surface area contributed by atoms with Crippen molar-refractivity contribution in [3.05, 3.63) is 64.2 Å². The Morgan fingerprint density at radius 1 is 1.14 bits per heavy atom. The number of carbonyl (C=O) groups is 1. The number of anilines is 1. The Kier molecular flexibility index (Phi) is 4.73. The zero-order valence-electron chi connectivity index (χ0n) is 11.1. The van der Waals surface area contributed by atoms with Crippen LogP contribution in [0.4, 0.5) is 18.9 Å². The predicted octanol–water partition coefficient (Wildman–Crippen LogP) is 4.10. The fourth-order valence-corrected chi connectivity index (χ4v) is 2.01. The first kappa shape index (κ1) is 16.3. The number of amides is 1. The summed E-state index contributed by atoms with van der Waals surface area (Å²) in [6, 6.07) is 9.20. The van der Waals surface area contributed by atoms with Crippen LogP contribution in [0.3, 0.4) is 0 Å². The summed E-state index contributed by atoms with van der Waals surface area (Å²) >= 11 is 5.51. The number of hydrogen-bond donors (Lipinski definition) is 2. The molecule has 2 aromatic rings. The molecule has 0 saturated heterocycles. The summed E-state index contributed by atoms with van der Waals surface area (Å²) in [5.41, 5.74) is -0.126. The van der Waals surface area contributed by atoms with E-state index in [9.17, 15) is 18.0 Å². The van der Waals surface area contributed by atoms with Crippen LogP contribution in [0, 0.1) is 0 Å². The molecule has 116 valence electrons. The van der Waals surface area contributed by atoms with Gasteiger partial charge in [0.2, 0.25) is 0 Å². The van der Waals surface area contributed by atoms with Gasteiger partial charge >= 0.3 is 6.18 Å². The third-order valence-corrected chi connectivity index (χ3v) is 3.26. The SMILES string of the molecule is O=C(Nc1ccc(Cl)c(C(F)(F)F)c1)c1ccc(CO)cc1. The molecular formula is C15H11ClF3NO2. The van der Waals surface area contributed by atoms with Gasteiger partial charge < -0.3 is 10.4 Å². The normalized spacial score (nSPS) is 11.3. The van der Waals surface area contributed by atoms with Crippen molar-refractivity contribution in [3.8, 4) is 0 Å². The van der Waals surface area contributed by atoms with E-state index in [-0.39, 0.29) is 17.9 Å². The number of rotatable bonds is 3. The number of nitrogens with one attached hydrogen (secondary N) is 1. The van der Waals surface area contributed by atoms with Gasteiger partial charge in [0, 0.05) is 11.3 Å². The smallest absolute Gasteiger partial charge is 0.392 e. The molecule has 0 fully saturated rings.